The van der Waals surface area contributed by atoms with Crippen LogP contribution in [0.3, 0.4) is 0 Å². The molecule has 1 aromatic heterocycles. The standard InChI is InChI=1S/C14H15N3O2/c1-8-2-5-10(13(18)6-8)11-7-12(17-16-11)14(19)15-9-3-4-9/h2,5-7,9,18H,3-4H2,1H3,(H,15,19)(H,16,17). The average Bonchev–Trinajstić information content (AvgIpc) is 3.04. The minimum atomic E-state index is -0.146. The number of aromatic nitrogens is 2. The number of aromatic amines is 1. The van der Waals surface area contributed by atoms with E-state index in [9.17, 15) is 9.90 Å². The molecule has 1 aromatic carbocycles. The number of hydrogen-bond acceptors (Lipinski definition) is 3. The maximum Gasteiger partial charge on any atom is 0.269 e. The van der Waals surface area contributed by atoms with Crippen LogP contribution >= 0.6 is 0 Å². The number of aromatic hydroxyl groups is 1. The topological polar surface area (TPSA) is 78.0 Å². The first kappa shape index (κ1) is 11.8. The lowest BCUT2D eigenvalue weighted by atomic mass is 10.1. The molecule has 0 aliphatic heterocycles. The van der Waals surface area contributed by atoms with Crippen LogP contribution in [0.1, 0.15) is 28.9 Å². The molecule has 1 aliphatic rings. The predicted octanol–water partition coefficient (Wildman–Crippen LogP) is 1.98. The third-order valence-corrected chi connectivity index (χ3v) is 3.16. The van der Waals surface area contributed by atoms with Crippen LogP contribution in [0.2, 0.25) is 0 Å². The fourth-order valence-electron chi connectivity index (χ4n) is 1.93. The highest BCUT2D eigenvalue weighted by Crippen LogP contribution is 2.28. The van der Waals surface area contributed by atoms with Crippen molar-refractivity contribution in [1.29, 1.82) is 0 Å². The monoisotopic (exact) mass is 257 g/mol. The van der Waals surface area contributed by atoms with Crippen molar-refractivity contribution in [1.82, 2.24) is 15.5 Å². The molecule has 3 N–H and O–H groups in total. The molecule has 0 saturated heterocycles. The maximum absolute atomic E-state index is 11.8. The first-order valence-electron chi connectivity index (χ1n) is 6.30. The molecule has 19 heavy (non-hydrogen) atoms. The van der Waals surface area contributed by atoms with Gasteiger partial charge in [0.2, 0.25) is 0 Å². The Kier molecular flexibility index (Phi) is 2.74. The molecule has 98 valence electrons. The van der Waals surface area contributed by atoms with E-state index in [2.05, 4.69) is 15.5 Å². The van der Waals surface area contributed by atoms with E-state index in [1.165, 1.54) is 0 Å². The third kappa shape index (κ3) is 2.45. The molecule has 5 nitrogen and oxygen atoms in total. The summed E-state index contributed by atoms with van der Waals surface area (Å²) in [6, 6.07) is 7.33. The Balaban J connectivity index is 1.85. The molecular weight excluding hydrogens is 242 g/mol. The number of aryl methyl sites for hydroxylation is 1. The molecule has 1 saturated carbocycles. The van der Waals surface area contributed by atoms with Gasteiger partial charge in [-0.15, -0.1) is 0 Å². The Morgan fingerprint density at radius 1 is 1.42 bits per heavy atom. The van der Waals surface area contributed by atoms with Gasteiger partial charge in [-0.3, -0.25) is 9.89 Å². The van der Waals surface area contributed by atoms with E-state index >= 15 is 0 Å². The summed E-state index contributed by atoms with van der Waals surface area (Å²) in [6.45, 7) is 1.91. The van der Waals surface area contributed by atoms with Gasteiger partial charge in [-0.25, -0.2) is 0 Å². The van der Waals surface area contributed by atoms with E-state index in [1.54, 1.807) is 18.2 Å². The summed E-state index contributed by atoms with van der Waals surface area (Å²) in [5.74, 6) is 0.0218. The van der Waals surface area contributed by atoms with Crippen LogP contribution < -0.4 is 5.32 Å². The van der Waals surface area contributed by atoms with Gasteiger partial charge in [-0.1, -0.05) is 6.07 Å². The highest BCUT2D eigenvalue weighted by atomic mass is 16.3. The molecule has 5 heteroatoms. The van der Waals surface area contributed by atoms with Crippen molar-refractivity contribution in [2.45, 2.75) is 25.8 Å². The van der Waals surface area contributed by atoms with Crippen LogP contribution in [0.5, 0.6) is 5.75 Å². The lowest BCUT2D eigenvalue weighted by molar-refractivity contribution is 0.0946. The number of phenolic OH excluding ortho intramolecular Hbond substituents is 1. The molecule has 1 amide bonds. The van der Waals surface area contributed by atoms with E-state index in [0.717, 1.165) is 18.4 Å². The number of carbonyl (C=O) groups excluding carboxylic acids is 1. The number of hydrogen-bond donors (Lipinski definition) is 3. The van der Waals surface area contributed by atoms with Crippen molar-refractivity contribution in [3.05, 3.63) is 35.5 Å². The number of nitrogens with zero attached hydrogens (tertiary/aromatic N) is 1. The summed E-state index contributed by atoms with van der Waals surface area (Å²) in [6.07, 6.45) is 2.09. The highest BCUT2D eigenvalue weighted by Gasteiger charge is 2.24. The van der Waals surface area contributed by atoms with E-state index in [-0.39, 0.29) is 11.7 Å². The van der Waals surface area contributed by atoms with Crippen molar-refractivity contribution in [2.24, 2.45) is 0 Å². The van der Waals surface area contributed by atoms with Crippen molar-refractivity contribution in [3.63, 3.8) is 0 Å². The molecule has 0 unspecified atom stereocenters. The van der Waals surface area contributed by atoms with E-state index in [4.69, 9.17) is 0 Å². The van der Waals surface area contributed by atoms with Gasteiger partial charge >= 0.3 is 0 Å². The van der Waals surface area contributed by atoms with Crippen molar-refractivity contribution in [2.75, 3.05) is 0 Å². The van der Waals surface area contributed by atoms with Gasteiger partial charge in [0.1, 0.15) is 11.4 Å². The Morgan fingerprint density at radius 3 is 2.89 bits per heavy atom. The molecule has 0 radical (unpaired) electrons. The Morgan fingerprint density at radius 2 is 2.21 bits per heavy atom. The summed E-state index contributed by atoms with van der Waals surface area (Å²) in [5.41, 5.74) is 2.58. The zero-order valence-electron chi connectivity index (χ0n) is 10.6. The molecular formula is C14H15N3O2. The number of carbonyl (C=O) groups is 1. The van der Waals surface area contributed by atoms with Crippen molar-refractivity contribution >= 4 is 5.91 Å². The van der Waals surface area contributed by atoms with Gasteiger partial charge in [0.15, 0.2) is 0 Å². The van der Waals surface area contributed by atoms with Crippen LogP contribution in [0.4, 0.5) is 0 Å². The summed E-state index contributed by atoms with van der Waals surface area (Å²) in [5, 5.41) is 19.6. The van der Waals surface area contributed by atoms with Crippen LogP contribution in [-0.2, 0) is 0 Å². The van der Waals surface area contributed by atoms with Crippen LogP contribution in [0.25, 0.3) is 11.3 Å². The van der Waals surface area contributed by atoms with Gasteiger partial charge in [0.05, 0.1) is 5.69 Å². The van der Waals surface area contributed by atoms with Gasteiger partial charge in [-0.2, -0.15) is 5.10 Å². The van der Waals surface area contributed by atoms with E-state index in [1.807, 2.05) is 13.0 Å². The Labute approximate surface area is 110 Å². The molecule has 0 atom stereocenters. The highest BCUT2D eigenvalue weighted by molar-refractivity contribution is 5.93. The third-order valence-electron chi connectivity index (χ3n) is 3.16. The first-order valence-corrected chi connectivity index (χ1v) is 6.30. The Bertz CT molecular complexity index is 629. The summed E-state index contributed by atoms with van der Waals surface area (Å²) in [4.78, 5) is 11.8. The van der Waals surface area contributed by atoms with Crippen LogP contribution in [0, 0.1) is 6.92 Å². The van der Waals surface area contributed by atoms with Gasteiger partial charge in [0, 0.05) is 11.6 Å². The number of rotatable bonds is 3. The summed E-state index contributed by atoms with van der Waals surface area (Å²) >= 11 is 0. The maximum atomic E-state index is 11.8. The van der Waals surface area contributed by atoms with Gasteiger partial charge in [0.25, 0.3) is 5.91 Å². The van der Waals surface area contributed by atoms with Crippen molar-refractivity contribution < 1.29 is 9.90 Å². The minimum absolute atomic E-state index is 0.146. The smallest absolute Gasteiger partial charge is 0.269 e. The largest absolute Gasteiger partial charge is 0.507 e. The van der Waals surface area contributed by atoms with Crippen LogP contribution in [0.15, 0.2) is 24.3 Å². The minimum Gasteiger partial charge on any atom is -0.507 e. The van der Waals surface area contributed by atoms with E-state index < -0.39 is 0 Å². The Hall–Kier alpha value is -2.30. The second-order valence-corrected chi connectivity index (χ2v) is 4.94. The number of H-pyrrole nitrogens is 1. The molecule has 2 aromatic rings. The quantitative estimate of drug-likeness (QED) is 0.786. The van der Waals surface area contributed by atoms with E-state index in [0.29, 0.717) is 23.0 Å². The predicted molar refractivity (Wildman–Crippen MR) is 70.9 cm³/mol. The van der Waals surface area contributed by atoms with Crippen molar-refractivity contribution in [3.8, 4) is 17.0 Å². The van der Waals surface area contributed by atoms with Crippen LogP contribution in [-0.4, -0.2) is 27.3 Å². The number of amides is 1. The SMILES string of the molecule is Cc1ccc(-c2cc(C(=O)NC3CC3)[nH]n2)c(O)c1. The first-order chi connectivity index (χ1) is 9.13. The normalized spacial score (nSPS) is 14.4. The fraction of sp³-hybridized carbons (Fsp3) is 0.286. The fourth-order valence-corrected chi connectivity index (χ4v) is 1.93. The van der Waals surface area contributed by atoms with Gasteiger partial charge < -0.3 is 10.4 Å². The second kappa shape index (κ2) is 4.42. The summed E-state index contributed by atoms with van der Waals surface area (Å²) in [7, 11) is 0. The zero-order chi connectivity index (χ0) is 13.4. The molecule has 0 spiro atoms. The molecule has 3 rings (SSSR count). The lowest BCUT2D eigenvalue weighted by Gasteiger charge is -2.01. The van der Waals surface area contributed by atoms with Gasteiger partial charge in [-0.05, 0) is 43.5 Å². The second-order valence-electron chi connectivity index (χ2n) is 4.94. The molecule has 0 bridgehead atoms. The number of phenols is 1. The number of nitrogens with one attached hydrogen (secondary N) is 2. The lowest BCUT2D eigenvalue weighted by Crippen LogP contribution is -2.25. The summed E-state index contributed by atoms with van der Waals surface area (Å²) < 4.78 is 0. The number of benzene rings is 1. The average molecular weight is 257 g/mol. The molecule has 1 heterocycles. The zero-order valence-corrected chi connectivity index (χ0v) is 10.6. The molecule has 1 aliphatic carbocycles. The molecule has 1 fully saturated rings.